The first kappa shape index (κ1) is 10.7. The average Bonchev–Trinajstić information content (AvgIpc) is 2.63. The minimum absolute atomic E-state index is 0.409. The second-order valence-corrected chi connectivity index (χ2v) is 4.53. The molecule has 1 aliphatic carbocycles. The smallest absolute Gasteiger partial charge is 0.0771 e. The van der Waals surface area contributed by atoms with Gasteiger partial charge in [-0.25, -0.2) is 0 Å². The van der Waals surface area contributed by atoms with Gasteiger partial charge in [-0.3, -0.25) is 0 Å². The molecular formula is C12H20N2O. The van der Waals surface area contributed by atoms with Gasteiger partial charge in [0.15, 0.2) is 0 Å². The molecule has 0 aliphatic heterocycles. The first-order valence-corrected chi connectivity index (χ1v) is 5.80. The largest absolute Gasteiger partial charge is 0.389 e. The number of aliphatic hydroxyl groups is 1. The molecule has 1 aromatic heterocycles. The van der Waals surface area contributed by atoms with E-state index >= 15 is 0 Å². The maximum absolute atomic E-state index is 9.87. The van der Waals surface area contributed by atoms with Gasteiger partial charge in [0.25, 0.3) is 0 Å². The lowest BCUT2D eigenvalue weighted by molar-refractivity contribution is -0.0314. The van der Waals surface area contributed by atoms with Crippen LogP contribution in [0.4, 0.5) is 0 Å². The highest BCUT2D eigenvalue weighted by Crippen LogP contribution is 2.30. The van der Waals surface area contributed by atoms with Gasteiger partial charge >= 0.3 is 0 Å². The predicted octanol–water partition coefficient (Wildman–Crippen LogP) is 1.51. The maximum atomic E-state index is 9.87. The van der Waals surface area contributed by atoms with Gasteiger partial charge in [0.05, 0.1) is 5.60 Å². The Morgan fingerprint density at radius 2 is 2.33 bits per heavy atom. The number of hydrogen-bond donors (Lipinski definition) is 2. The monoisotopic (exact) mass is 208 g/mol. The van der Waals surface area contributed by atoms with Crippen molar-refractivity contribution >= 4 is 0 Å². The van der Waals surface area contributed by atoms with E-state index in [0.717, 1.165) is 32.5 Å². The second-order valence-electron chi connectivity index (χ2n) is 4.53. The lowest BCUT2D eigenvalue weighted by Gasteiger charge is -2.36. The lowest BCUT2D eigenvalue weighted by Crippen LogP contribution is -2.45. The van der Waals surface area contributed by atoms with E-state index in [9.17, 15) is 5.11 Å². The summed E-state index contributed by atoms with van der Waals surface area (Å²) >= 11 is 0. The summed E-state index contributed by atoms with van der Waals surface area (Å²) in [6.45, 7) is 4.73. The zero-order chi connectivity index (χ0) is 10.7. The van der Waals surface area contributed by atoms with Gasteiger partial charge in [-0.2, -0.15) is 0 Å². The Labute approximate surface area is 91.1 Å². The zero-order valence-electron chi connectivity index (χ0n) is 9.37. The molecule has 1 fully saturated rings. The molecule has 0 aromatic carbocycles. The Balaban J connectivity index is 1.73. The zero-order valence-corrected chi connectivity index (χ0v) is 9.37. The third-order valence-corrected chi connectivity index (χ3v) is 3.24. The second kappa shape index (κ2) is 4.37. The van der Waals surface area contributed by atoms with E-state index in [-0.39, 0.29) is 0 Å². The summed E-state index contributed by atoms with van der Waals surface area (Å²) in [7, 11) is 0. The summed E-state index contributed by atoms with van der Waals surface area (Å²) in [5, 5.41) is 13.2. The van der Waals surface area contributed by atoms with Crippen LogP contribution in [-0.4, -0.2) is 21.8 Å². The van der Waals surface area contributed by atoms with Crippen molar-refractivity contribution < 1.29 is 5.11 Å². The van der Waals surface area contributed by atoms with E-state index in [2.05, 4.69) is 35.3 Å². The molecule has 2 N–H and O–H groups in total. The van der Waals surface area contributed by atoms with Gasteiger partial charge in [-0.1, -0.05) is 0 Å². The fourth-order valence-electron chi connectivity index (χ4n) is 1.99. The highest BCUT2D eigenvalue weighted by Gasteiger charge is 2.33. The Bertz CT molecular complexity index is 315. The van der Waals surface area contributed by atoms with E-state index in [1.165, 1.54) is 12.0 Å². The highest BCUT2D eigenvalue weighted by atomic mass is 16.3. The fourth-order valence-corrected chi connectivity index (χ4v) is 1.99. The molecular weight excluding hydrogens is 188 g/mol. The quantitative estimate of drug-likeness (QED) is 0.769. The summed E-state index contributed by atoms with van der Waals surface area (Å²) in [5.41, 5.74) is 0.882. The Morgan fingerprint density at radius 3 is 2.87 bits per heavy atom. The topological polar surface area (TPSA) is 37.2 Å². The third-order valence-electron chi connectivity index (χ3n) is 3.24. The fraction of sp³-hybridized carbons (Fsp3) is 0.667. The van der Waals surface area contributed by atoms with Crippen LogP contribution in [0.25, 0.3) is 0 Å². The van der Waals surface area contributed by atoms with E-state index in [4.69, 9.17) is 0 Å². The summed E-state index contributed by atoms with van der Waals surface area (Å²) in [6, 6.07) is 2.13. The molecule has 0 bridgehead atoms. The van der Waals surface area contributed by atoms with Gasteiger partial charge in [0, 0.05) is 32.0 Å². The molecule has 0 atom stereocenters. The van der Waals surface area contributed by atoms with Crippen LogP contribution < -0.4 is 5.32 Å². The molecule has 0 amide bonds. The van der Waals surface area contributed by atoms with E-state index in [1.54, 1.807) is 0 Å². The number of nitrogens with zero attached hydrogens (tertiary/aromatic N) is 1. The summed E-state index contributed by atoms with van der Waals surface area (Å²) in [6.07, 6.45) is 7.32. The molecule has 0 unspecified atom stereocenters. The van der Waals surface area contributed by atoms with Gasteiger partial charge in [0.2, 0.25) is 0 Å². The van der Waals surface area contributed by atoms with Gasteiger partial charge < -0.3 is 15.0 Å². The molecule has 1 aromatic rings. The normalized spacial score (nSPS) is 18.8. The van der Waals surface area contributed by atoms with Crippen LogP contribution in [0, 0.1) is 0 Å². The molecule has 1 saturated carbocycles. The molecule has 3 heteroatoms. The minimum atomic E-state index is -0.409. The molecule has 1 heterocycles. The molecule has 0 spiro atoms. The predicted molar refractivity (Wildman–Crippen MR) is 60.6 cm³/mol. The Hall–Kier alpha value is -0.800. The van der Waals surface area contributed by atoms with Crippen LogP contribution in [0.2, 0.25) is 0 Å². The van der Waals surface area contributed by atoms with E-state index in [0.29, 0.717) is 0 Å². The van der Waals surface area contributed by atoms with Crippen LogP contribution in [-0.2, 0) is 13.1 Å². The Kier molecular flexibility index (Phi) is 3.12. The number of rotatable bonds is 5. The molecule has 1 aliphatic rings. The van der Waals surface area contributed by atoms with Crippen molar-refractivity contribution in [2.24, 2.45) is 0 Å². The van der Waals surface area contributed by atoms with Crippen LogP contribution in [0.15, 0.2) is 18.5 Å². The molecule has 3 nitrogen and oxygen atoms in total. The van der Waals surface area contributed by atoms with Crippen LogP contribution >= 0.6 is 0 Å². The van der Waals surface area contributed by atoms with Crippen LogP contribution in [0.5, 0.6) is 0 Å². The van der Waals surface area contributed by atoms with Crippen molar-refractivity contribution in [3.05, 3.63) is 24.0 Å². The summed E-state index contributed by atoms with van der Waals surface area (Å²) < 4.78 is 2.16. The lowest BCUT2D eigenvalue weighted by atomic mass is 9.80. The first-order chi connectivity index (χ1) is 7.22. The standard InChI is InChI=1S/C12H20N2O/c1-2-14-7-4-11(9-14)8-13-10-12(15)5-3-6-12/h4,7,9,13,15H,2-3,5-6,8,10H2,1H3. The van der Waals surface area contributed by atoms with Gasteiger partial charge in [-0.15, -0.1) is 0 Å². The van der Waals surface area contributed by atoms with Gasteiger partial charge in [0.1, 0.15) is 0 Å². The first-order valence-electron chi connectivity index (χ1n) is 5.80. The summed E-state index contributed by atoms with van der Waals surface area (Å²) in [5.74, 6) is 0. The third kappa shape index (κ3) is 2.61. The molecule has 0 radical (unpaired) electrons. The number of aromatic nitrogens is 1. The maximum Gasteiger partial charge on any atom is 0.0771 e. The molecule has 84 valence electrons. The van der Waals surface area contributed by atoms with Gasteiger partial charge in [-0.05, 0) is 37.8 Å². The van der Waals surface area contributed by atoms with Crippen molar-refractivity contribution in [1.82, 2.24) is 9.88 Å². The van der Waals surface area contributed by atoms with Crippen LogP contribution in [0.3, 0.4) is 0 Å². The Morgan fingerprint density at radius 1 is 1.53 bits per heavy atom. The van der Waals surface area contributed by atoms with Crippen molar-refractivity contribution in [2.75, 3.05) is 6.54 Å². The molecule has 2 rings (SSSR count). The van der Waals surface area contributed by atoms with Crippen molar-refractivity contribution in [3.63, 3.8) is 0 Å². The number of aryl methyl sites for hydroxylation is 1. The summed E-state index contributed by atoms with van der Waals surface area (Å²) in [4.78, 5) is 0. The highest BCUT2D eigenvalue weighted by molar-refractivity contribution is 5.10. The van der Waals surface area contributed by atoms with E-state index in [1.807, 2.05) is 0 Å². The van der Waals surface area contributed by atoms with E-state index < -0.39 is 5.60 Å². The van der Waals surface area contributed by atoms with Crippen molar-refractivity contribution in [3.8, 4) is 0 Å². The van der Waals surface area contributed by atoms with Crippen LogP contribution in [0.1, 0.15) is 31.7 Å². The average molecular weight is 208 g/mol. The number of hydrogen-bond acceptors (Lipinski definition) is 2. The molecule has 0 saturated heterocycles. The van der Waals surface area contributed by atoms with Crippen molar-refractivity contribution in [2.45, 2.75) is 44.9 Å². The number of nitrogens with one attached hydrogen (secondary N) is 1. The van der Waals surface area contributed by atoms with Crippen molar-refractivity contribution in [1.29, 1.82) is 0 Å². The molecule has 15 heavy (non-hydrogen) atoms. The SMILES string of the molecule is CCn1ccc(CNCC2(O)CCC2)c1. The minimum Gasteiger partial charge on any atom is -0.389 e.